The molecule has 1 aromatic rings. The highest BCUT2D eigenvalue weighted by molar-refractivity contribution is 5.42. The van der Waals surface area contributed by atoms with Crippen LogP contribution in [0.15, 0.2) is 30.3 Å². The molecule has 2 heteroatoms. The zero-order valence-corrected chi connectivity index (χ0v) is 4.28. The van der Waals surface area contributed by atoms with E-state index >= 15 is 0 Å². The lowest BCUT2D eigenvalue weighted by molar-refractivity contribution is 1.46. The van der Waals surface area contributed by atoms with Gasteiger partial charge in [-0.15, -0.1) is 0 Å². The third kappa shape index (κ3) is 0.824. The first-order valence-corrected chi connectivity index (χ1v) is 2.33. The molecule has 0 saturated carbocycles. The second kappa shape index (κ2) is 2.08. The van der Waals surface area contributed by atoms with Gasteiger partial charge in [-0.3, -0.25) is 0 Å². The predicted molar refractivity (Wildman–Crippen MR) is 31.2 cm³/mol. The van der Waals surface area contributed by atoms with Crippen molar-refractivity contribution in [1.82, 2.24) is 0 Å². The first kappa shape index (κ1) is 4.79. The summed E-state index contributed by atoms with van der Waals surface area (Å²) in [6.07, 6.45) is 0. The van der Waals surface area contributed by atoms with Crippen molar-refractivity contribution in [2.75, 3.05) is 0 Å². The van der Waals surface area contributed by atoms with Crippen molar-refractivity contribution in [3.8, 4) is 0 Å². The van der Waals surface area contributed by atoms with Gasteiger partial charge in [0.2, 0.25) is 5.39 Å². The molecule has 0 saturated heterocycles. The highest BCUT2D eigenvalue weighted by atomic mass is 14.8. The van der Waals surface area contributed by atoms with Crippen LogP contribution < -0.4 is 0 Å². The smallest absolute Gasteiger partial charge is 0.0617 e. The van der Waals surface area contributed by atoms with Gasteiger partial charge in [-0.1, -0.05) is 18.2 Å². The first-order chi connectivity index (χ1) is 3.93. The summed E-state index contributed by atoms with van der Waals surface area (Å²) in [5, 5.41) is 8.16. The van der Waals surface area contributed by atoms with E-state index in [1.54, 1.807) is 12.1 Å². The Hall–Kier alpha value is -1.36. The lowest BCUT2D eigenvalue weighted by atomic mass is 10.4. The summed E-state index contributed by atoms with van der Waals surface area (Å²) < 4.78 is 0. The van der Waals surface area contributed by atoms with E-state index in [1.165, 1.54) is 0 Å². The first-order valence-electron chi connectivity index (χ1n) is 2.33. The Labute approximate surface area is 47.4 Å². The van der Waals surface area contributed by atoms with Crippen molar-refractivity contribution in [2.45, 2.75) is 0 Å². The fourth-order valence-electron chi connectivity index (χ4n) is 0.495. The lowest BCUT2D eigenvalue weighted by Gasteiger charge is -1.69. The Balaban J connectivity index is 3.05. The molecule has 0 heterocycles. The summed E-state index contributed by atoms with van der Waals surface area (Å²) in [4.78, 5) is 2.97. The molecule has 8 heavy (non-hydrogen) atoms. The lowest BCUT2D eigenvalue weighted by Crippen LogP contribution is -1.54. The van der Waals surface area contributed by atoms with E-state index in [9.17, 15) is 0 Å². The summed E-state index contributed by atoms with van der Waals surface area (Å²) in [5.41, 5.74) is 0.590. The minimum absolute atomic E-state index is 0.590. The summed E-state index contributed by atoms with van der Waals surface area (Å²) >= 11 is 0. The second-order valence-corrected chi connectivity index (χ2v) is 1.44. The topological polar surface area (TPSA) is 28.1 Å². The number of benzene rings is 1. The summed E-state index contributed by atoms with van der Waals surface area (Å²) in [5.74, 6) is 0. The zero-order valence-electron chi connectivity index (χ0n) is 4.28. The van der Waals surface area contributed by atoms with Crippen molar-refractivity contribution in [3.05, 3.63) is 35.3 Å². The van der Waals surface area contributed by atoms with Crippen LogP contribution in [0.3, 0.4) is 0 Å². The van der Waals surface area contributed by atoms with Gasteiger partial charge in [0.25, 0.3) is 0 Å². The second-order valence-electron chi connectivity index (χ2n) is 1.44. The molecule has 0 radical (unpaired) electrons. The molecule has 38 valence electrons. The van der Waals surface area contributed by atoms with E-state index in [0.717, 1.165) is 0 Å². The van der Waals surface area contributed by atoms with Gasteiger partial charge in [0.1, 0.15) is 0 Å². The van der Waals surface area contributed by atoms with Gasteiger partial charge in [0.15, 0.2) is 4.98 Å². The Morgan fingerprint density at radius 1 is 1.12 bits per heavy atom. The van der Waals surface area contributed by atoms with Gasteiger partial charge in [0, 0.05) is 12.1 Å². The van der Waals surface area contributed by atoms with Crippen LogP contribution in [0.1, 0.15) is 0 Å². The van der Waals surface area contributed by atoms with Gasteiger partial charge in [-0.05, 0) is 0 Å². The maximum absolute atomic E-state index is 8.16. The van der Waals surface area contributed by atoms with Crippen molar-refractivity contribution in [3.63, 3.8) is 0 Å². The molecule has 1 rings (SSSR count). The summed E-state index contributed by atoms with van der Waals surface area (Å²) in [6, 6.07) is 8.94. The van der Waals surface area contributed by atoms with E-state index in [2.05, 4.69) is 4.98 Å². The largest absolute Gasteiger partial charge is 0.385 e. The standard InChI is InChI=1S/C6H5N2/c7-8-6-4-2-1-3-5-6/h1-5H/q+1/i1+1. The molecule has 2 nitrogen and oxygen atoms in total. The highest BCUT2D eigenvalue weighted by Gasteiger charge is 1.95. The molecule has 1 aromatic carbocycles. The van der Waals surface area contributed by atoms with Crippen LogP contribution in [0.25, 0.3) is 4.98 Å². The van der Waals surface area contributed by atoms with E-state index in [-0.39, 0.29) is 0 Å². The van der Waals surface area contributed by atoms with Gasteiger partial charge in [-0.25, -0.2) is 0 Å². The van der Waals surface area contributed by atoms with Crippen molar-refractivity contribution >= 4 is 5.69 Å². The van der Waals surface area contributed by atoms with Crippen molar-refractivity contribution < 1.29 is 0 Å². The number of hydrogen-bond donors (Lipinski definition) is 0. The van der Waals surface area contributed by atoms with E-state index < -0.39 is 0 Å². The van der Waals surface area contributed by atoms with Crippen LogP contribution in [0.2, 0.25) is 0 Å². The predicted octanol–water partition coefficient (Wildman–Crippen LogP) is 2.17. The summed E-state index contributed by atoms with van der Waals surface area (Å²) in [6.45, 7) is 0. The van der Waals surface area contributed by atoms with E-state index in [1.807, 2.05) is 18.2 Å². The Morgan fingerprint density at radius 2 is 1.75 bits per heavy atom. The molecule has 0 aliphatic heterocycles. The van der Waals surface area contributed by atoms with Crippen LogP contribution in [-0.2, 0) is 0 Å². The monoisotopic (exact) mass is 106 g/mol. The van der Waals surface area contributed by atoms with Gasteiger partial charge in [-0.2, -0.15) is 0 Å². The minimum atomic E-state index is 0.590. The molecule has 0 aliphatic rings. The zero-order chi connectivity index (χ0) is 5.82. The average molecular weight is 106 g/mol. The van der Waals surface area contributed by atoms with E-state index in [0.29, 0.717) is 5.69 Å². The van der Waals surface area contributed by atoms with Crippen LogP contribution in [0, 0.1) is 5.39 Å². The number of rotatable bonds is 0. The van der Waals surface area contributed by atoms with Crippen LogP contribution >= 0.6 is 0 Å². The average Bonchev–Trinajstić information content (AvgIpc) is 1.90. The number of nitrogens with zero attached hydrogens (tertiary/aromatic N) is 2. The third-order valence-electron chi connectivity index (χ3n) is 0.872. The molecular formula is C6H5N2+. The van der Waals surface area contributed by atoms with Crippen molar-refractivity contribution in [2.24, 2.45) is 0 Å². The molecule has 0 spiro atoms. The SMILES string of the molecule is N#[N+]c1cc[13cH]cc1. The summed E-state index contributed by atoms with van der Waals surface area (Å²) in [7, 11) is 0. The quantitative estimate of drug-likeness (QED) is 0.466. The molecule has 0 aromatic heterocycles. The fraction of sp³-hybridized carbons (Fsp3) is 0. The van der Waals surface area contributed by atoms with E-state index in [4.69, 9.17) is 5.39 Å². The Morgan fingerprint density at radius 3 is 2.12 bits per heavy atom. The normalized spacial score (nSPS) is 7.88. The van der Waals surface area contributed by atoms with Gasteiger partial charge < -0.3 is 0 Å². The highest BCUT2D eigenvalue weighted by Crippen LogP contribution is 2.07. The molecule has 0 aliphatic carbocycles. The maximum Gasteiger partial charge on any atom is 0.385 e. The number of hydrogen-bond acceptors (Lipinski definition) is 1. The Kier molecular flexibility index (Phi) is 1.25. The molecule has 0 fully saturated rings. The molecular weight excluding hydrogens is 101 g/mol. The molecule has 0 unspecified atom stereocenters. The van der Waals surface area contributed by atoms with Crippen LogP contribution in [0.4, 0.5) is 5.69 Å². The molecule has 0 amide bonds. The van der Waals surface area contributed by atoms with Crippen molar-refractivity contribution in [1.29, 1.82) is 5.39 Å². The Bertz CT molecular complexity index is 198. The third-order valence-corrected chi connectivity index (χ3v) is 0.872. The van der Waals surface area contributed by atoms with Crippen LogP contribution in [0.5, 0.6) is 0 Å². The molecule has 0 atom stereocenters. The minimum Gasteiger partial charge on any atom is -0.0617 e. The molecule has 0 N–H and O–H groups in total. The fourth-order valence-corrected chi connectivity index (χ4v) is 0.495. The van der Waals surface area contributed by atoms with Gasteiger partial charge in [0.05, 0.1) is 0 Å². The number of diazo groups is 1. The maximum atomic E-state index is 8.16. The van der Waals surface area contributed by atoms with Crippen LogP contribution in [-0.4, -0.2) is 0 Å². The van der Waals surface area contributed by atoms with Gasteiger partial charge >= 0.3 is 5.69 Å². The molecule has 0 bridgehead atoms.